The summed E-state index contributed by atoms with van der Waals surface area (Å²) in [4.78, 5) is 3.54. The van der Waals surface area contributed by atoms with E-state index >= 15 is 0 Å². The number of fused-ring (bicyclic) bond motifs is 3. The molecule has 2 nitrogen and oxygen atoms in total. The number of hydrogen-bond donors (Lipinski definition) is 2. The Labute approximate surface area is 103 Å². The van der Waals surface area contributed by atoms with Gasteiger partial charge in [0.25, 0.3) is 0 Å². The van der Waals surface area contributed by atoms with Gasteiger partial charge in [-0.3, -0.25) is 0 Å². The molecule has 1 atom stereocenters. The highest BCUT2D eigenvalue weighted by Gasteiger charge is 2.23. The number of aromatic nitrogens is 1. The number of hydrogen-bond acceptors (Lipinski definition) is 1. The Balaban J connectivity index is 2.26. The summed E-state index contributed by atoms with van der Waals surface area (Å²) in [5.41, 5.74) is 9.98. The van der Waals surface area contributed by atoms with E-state index in [4.69, 9.17) is 5.73 Å². The molecule has 1 heterocycles. The average Bonchev–Trinajstić information content (AvgIpc) is 2.65. The van der Waals surface area contributed by atoms with Crippen LogP contribution in [0, 0.1) is 0 Å². The van der Waals surface area contributed by atoms with Crippen LogP contribution in [-0.2, 0) is 6.42 Å². The van der Waals surface area contributed by atoms with Crippen LogP contribution >= 0.6 is 15.9 Å². The SMILES string of the molecule is NCC1CCCc2[nH]c3cc(Br)ccc3c21. The van der Waals surface area contributed by atoms with Gasteiger partial charge in [0.05, 0.1) is 0 Å². The first-order chi connectivity index (χ1) is 7.79. The fraction of sp³-hybridized carbons (Fsp3) is 0.385. The first-order valence-corrected chi connectivity index (χ1v) is 6.59. The Morgan fingerprint density at radius 2 is 2.31 bits per heavy atom. The number of aryl methyl sites for hydroxylation is 1. The van der Waals surface area contributed by atoms with E-state index in [1.54, 1.807) is 0 Å². The molecule has 1 aromatic carbocycles. The Morgan fingerprint density at radius 3 is 3.12 bits per heavy atom. The molecule has 1 unspecified atom stereocenters. The predicted molar refractivity (Wildman–Crippen MR) is 70.7 cm³/mol. The van der Waals surface area contributed by atoms with Crippen LogP contribution < -0.4 is 5.73 Å². The van der Waals surface area contributed by atoms with Gasteiger partial charge in [0.15, 0.2) is 0 Å². The van der Waals surface area contributed by atoms with Gasteiger partial charge < -0.3 is 10.7 Å². The van der Waals surface area contributed by atoms with E-state index in [1.165, 1.54) is 35.0 Å². The van der Waals surface area contributed by atoms with Gasteiger partial charge in [0.2, 0.25) is 0 Å². The fourth-order valence-electron chi connectivity index (χ4n) is 2.82. The molecule has 3 heteroatoms. The molecule has 1 aromatic heterocycles. The Hall–Kier alpha value is -0.800. The van der Waals surface area contributed by atoms with E-state index in [0.717, 1.165) is 17.4 Å². The second-order valence-electron chi connectivity index (χ2n) is 4.53. The van der Waals surface area contributed by atoms with Crippen molar-refractivity contribution in [1.82, 2.24) is 4.98 Å². The lowest BCUT2D eigenvalue weighted by Crippen LogP contribution is -2.17. The van der Waals surface area contributed by atoms with Crippen LogP contribution in [0.2, 0.25) is 0 Å². The minimum atomic E-state index is 0.540. The van der Waals surface area contributed by atoms with E-state index in [9.17, 15) is 0 Å². The summed E-state index contributed by atoms with van der Waals surface area (Å²) in [6, 6.07) is 6.46. The first-order valence-electron chi connectivity index (χ1n) is 5.79. The molecule has 1 aliphatic rings. The lowest BCUT2D eigenvalue weighted by molar-refractivity contribution is 0.560. The summed E-state index contributed by atoms with van der Waals surface area (Å²) >= 11 is 3.51. The van der Waals surface area contributed by atoms with Crippen LogP contribution in [-0.4, -0.2) is 11.5 Å². The van der Waals surface area contributed by atoms with Crippen molar-refractivity contribution in [2.45, 2.75) is 25.2 Å². The zero-order valence-corrected chi connectivity index (χ0v) is 10.7. The number of benzene rings is 1. The second-order valence-corrected chi connectivity index (χ2v) is 5.45. The van der Waals surface area contributed by atoms with Gasteiger partial charge in [-0.05, 0) is 49.4 Å². The highest BCUT2D eigenvalue weighted by molar-refractivity contribution is 9.10. The first kappa shape index (κ1) is 10.4. The quantitative estimate of drug-likeness (QED) is 0.826. The van der Waals surface area contributed by atoms with Crippen LogP contribution in [0.25, 0.3) is 10.9 Å². The van der Waals surface area contributed by atoms with Gasteiger partial charge in [-0.15, -0.1) is 0 Å². The van der Waals surface area contributed by atoms with Crippen molar-refractivity contribution in [2.75, 3.05) is 6.54 Å². The molecule has 1 aliphatic carbocycles. The molecule has 0 amide bonds. The zero-order chi connectivity index (χ0) is 11.1. The summed E-state index contributed by atoms with van der Waals surface area (Å²) in [6.45, 7) is 0.760. The maximum absolute atomic E-state index is 5.88. The van der Waals surface area contributed by atoms with Gasteiger partial charge >= 0.3 is 0 Å². The number of aromatic amines is 1. The molecule has 2 aromatic rings. The maximum Gasteiger partial charge on any atom is 0.0470 e. The van der Waals surface area contributed by atoms with Crippen LogP contribution in [0.1, 0.15) is 30.0 Å². The Morgan fingerprint density at radius 1 is 1.44 bits per heavy atom. The molecular weight excluding hydrogens is 264 g/mol. The molecule has 16 heavy (non-hydrogen) atoms. The lowest BCUT2D eigenvalue weighted by atomic mass is 9.85. The van der Waals surface area contributed by atoms with Gasteiger partial charge in [-0.25, -0.2) is 0 Å². The zero-order valence-electron chi connectivity index (χ0n) is 9.09. The van der Waals surface area contributed by atoms with Crippen LogP contribution in [0.4, 0.5) is 0 Å². The monoisotopic (exact) mass is 278 g/mol. The van der Waals surface area contributed by atoms with Gasteiger partial charge in [-0.1, -0.05) is 22.0 Å². The van der Waals surface area contributed by atoms with Crippen molar-refractivity contribution in [3.8, 4) is 0 Å². The molecule has 0 bridgehead atoms. The molecule has 3 rings (SSSR count). The fourth-order valence-corrected chi connectivity index (χ4v) is 3.18. The van der Waals surface area contributed by atoms with Crippen molar-refractivity contribution < 1.29 is 0 Å². The summed E-state index contributed by atoms with van der Waals surface area (Å²) in [5, 5.41) is 1.35. The van der Waals surface area contributed by atoms with Crippen LogP contribution in [0.3, 0.4) is 0 Å². The van der Waals surface area contributed by atoms with Crippen molar-refractivity contribution in [3.05, 3.63) is 33.9 Å². The second kappa shape index (κ2) is 3.90. The highest BCUT2D eigenvalue weighted by Crippen LogP contribution is 2.37. The summed E-state index contributed by atoms with van der Waals surface area (Å²) < 4.78 is 1.13. The maximum atomic E-state index is 5.88. The normalized spacial score (nSPS) is 20.0. The number of halogens is 1. The molecule has 0 fully saturated rings. The van der Waals surface area contributed by atoms with Crippen molar-refractivity contribution in [3.63, 3.8) is 0 Å². The van der Waals surface area contributed by atoms with E-state index < -0.39 is 0 Å². The summed E-state index contributed by atoms with van der Waals surface area (Å²) in [6.07, 6.45) is 3.65. The molecule has 0 aliphatic heterocycles. The number of nitrogens with two attached hydrogens (primary N) is 1. The third-order valence-electron chi connectivity index (χ3n) is 3.55. The van der Waals surface area contributed by atoms with E-state index in [2.05, 4.69) is 39.1 Å². The van der Waals surface area contributed by atoms with Crippen molar-refractivity contribution >= 4 is 26.8 Å². The van der Waals surface area contributed by atoms with E-state index in [1.807, 2.05) is 0 Å². The van der Waals surface area contributed by atoms with Crippen LogP contribution in [0.5, 0.6) is 0 Å². The van der Waals surface area contributed by atoms with Gasteiger partial charge in [-0.2, -0.15) is 0 Å². The molecule has 0 saturated carbocycles. The summed E-state index contributed by atoms with van der Waals surface area (Å²) in [5.74, 6) is 0.540. The van der Waals surface area contributed by atoms with Crippen molar-refractivity contribution in [2.24, 2.45) is 5.73 Å². The topological polar surface area (TPSA) is 41.8 Å². The standard InChI is InChI=1S/C13H15BrN2/c14-9-4-5-10-12(6-9)16-11-3-1-2-8(7-15)13(10)11/h4-6,8,16H,1-3,7,15H2. The Bertz CT molecular complexity index is 530. The smallest absolute Gasteiger partial charge is 0.0470 e. The number of rotatable bonds is 1. The molecular formula is C13H15BrN2. The predicted octanol–water partition coefficient (Wildman–Crippen LogP) is 3.31. The summed E-state index contributed by atoms with van der Waals surface area (Å²) in [7, 11) is 0. The molecule has 3 N–H and O–H groups in total. The minimum Gasteiger partial charge on any atom is -0.358 e. The van der Waals surface area contributed by atoms with E-state index in [0.29, 0.717) is 5.92 Å². The van der Waals surface area contributed by atoms with Crippen molar-refractivity contribution in [1.29, 1.82) is 0 Å². The van der Waals surface area contributed by atoms with Gasteiger partial charge in [0.1, 0.15) is 0 Å². The lowest BCUT2D eigenvalue weighted by Gasteiger charge is -2.21. The van der Waals surface area contributed by atoms with Crippen LogP contribution in [0.15, 0.2) is 22.7 Å². The van der Waals surface area contributed by atoms with Gasteiger partial charge in [0, 0.05) is 21.1 Å². The molecule has 0 saturated heterocycles. The number of nitrogens with one attached hydrogen (secondary N) is 1. The third-order valence-corrected chi connectivity index (χ3v) is 4.05. The third kappa shape index (κ3) is 1.50. The molecule has 84 valence electrons. The minimum absolute atomic E-state index is 0.540. The average molecular weight is 279 g/mol. The Kier molecular flexibility index (Phi) is 2.52. The number of H-pyrrole nitrogens is 1. The molecule has 0 radical (unpaired) electrons. The molecule has 0 spiro atoms. The van der Waals surface area contributed by atoms with E-state index in [-0.39, 0.29) is 0 Å². The largest absolute Gasteiger partial charge is 0.358 e. The highest BCUT2D eigenvalue weighted by atomic mass is 79.9.